The summed E-state index contributed by atoms with van der Waals surface area (Å²) >= 11 is 0. The van der Waals surface area contributed by atoms with Crippen molar-refractivity contribution in [3.63, 3.8) is 0 Å². The van der Waals surface area contributed by atoms with E-state index in [1.54, 1.807) is 0 Å². The van der Waals surface area contributed by atoms with Gasteiger partial charge in [-0.25, -0.2) is 0 Å². The summed E-state index contributed by atoms with van der Waals surface area (Å²) in [5.41, 5.74) is 0. The molecular weight excluding hydrogens is 172 g/mol. The van der Waals surface area contributed by atoms with E-state index < -0.39 is 0 Å². The van der Waals surface area contributed by atoms with E-state index in [0.29, 0.717) is 0 Å². The molecule has 0 aromatic rings. The average molecular weight is 198 g/mol. The summed E-state index contributed by atoms with van der Waals surface area (Å²) in [7, 11) is 4.35. The molecule has 14 heavy (non-hydrogen) atoms. The summed E-state index contributed by atoms with van der Waals surface area (Å²) in [5.74, 6) is 0.922. The van der Waals surface area contributed by atoms with E-state index in [1.165, 1.54) is 38.6 Å². The van der Waals surface area contributed by atoms with Gasteiger partial charge in [0.1, 0.15) is 0 Å². The third kappa shape index (κ3) is 3.97. The zero-order valence-corrected chi connectivity index (χ0v) is 10.1. The molecule has 0 bridgehead atoms. The van der Waals surface area contributed by atoms with Crippen LogP contribution in [0, 0.1) is 5.92 Å². The number of hydrogen-bond acceptors (Lipinski definition) is 2. The molecule has 0 heterocycles. The highest BCUT2D eigenvalue weighted by Crippen LogP contribution is 2.26. The van der Waals surface area contributed by atoms with Crippen LogP contribution in [-0.2, 0) is 0 Å². The average Bonchev–Trinajstić information content (AvgIpc) is 2.18. The molecule has 1 unspecified atom stereocenters. The van der Waals surface area contributed by atoms with Gasteiger partial charge in [0.25, 0.3) is 0 Å². The zero-order chi connectivity index (χ0) is 10.4. The second-order valence-corrected chi connectivity index (χ2v) is 4.82. The third-order valence-corrected chi connectivity index (χ3v) is 3.25. The Balaban J connectivity index is 2.38. The van der Waals surface area contributed by atoms with Crippen LogP contribution in [0.1, 0.15) is 39.0 Å². The standard InChI is InChI=1S/C12H26N2/c1-4-13-12(10-14(2)3)11-8-6-5-7-9-11/h11-13H,4-10H2,1-3H3. The second-order valence-electron chi connectivity index (χ2n) is 4.82. The highest BCUT2D eigenvalue weighted by Gasteiger charge is 2.22. The van der Waals surface area contributed by atoms with Crippen molar-refractivity contribution >= 4 is 0 Å². The molecule has 2 heteroatoms. The molecular formula is C12H26N2. The minimum Gasteiger partial charge on any atom is -0.313 e. The van der Waals surface area contributed by atoms with Crippen molar-refractivity contribution in [3.05, 3.63) is 0 Å². The van der Waals surface area contributed by atoms with Crippen LogP contribution in [0.5, 0.6) is 0 Å². The Morgan fingerprint density at radius 3 is 2.36 bits per heavy atom. The third-order valence-electron chi connectivity index (χ3n) is 3.25. The van der Waals surface area contributed by atoms with E-state index >= 15 is 0 Å². The molecule has 1 atom stereocenters. The molecule has 1 N–H and O–H groups in total. The summed E-state index contributed by atoms with van der Waals surface area (Å²) < 4.78 is 0. The zero-order valence-electron chi connectivity index (χ0n) is 10.1. The van der Waals surface area contributed by atoms with Gasteiger partial charge in [-0.15, -0.1) is 0 Å². The Bertz CT molecular complexity index is 139. The fourth-order valence-corrected chi connectivity index (χ4v) is 2.57. The van der Waals surface area contributed by atoms with Gasteiger partial charge in [-0.3, -0.25) is 0 Å². The van der Waals surface area contributed by atoms with Gasteiger partial charge in [0.15, 0.2) is 0 Å². The molecule has 0 aliphatic heterocycles. The Morgan fingerprint density at radius 1 is 1.21 bits per heavy atom. The second kappa shape index (κ2) is 6.41. The minimum atomic E-state index is 0.718. The van der Waals surface area contributed by atoms with E-state index in [4.69, 9.17) is 0 Å². The molecule has 1 saturated carbocycles. The number of nitrogens with one attached hydrogen (secondary N) is 1. The van der Waals surface area contributed by atoms with Crippen LogP contribution in [0.2, 0.25) is 0 Å². The smallest absolute Gasteiger partial charge is 0.0222 e. The van der Waals surface area contributed by atoms with Crippen LogP contribution in [0.3, 0.4) is 0 Å². The van der Waals surface area contributed by atoms with Crippen molar-refractivity contribution in [2.24, 2.45) is 5.92 Å². The number of hydrogen-bond donors (Lipinski definition) is 1. The summed E-state index contributed by atoms with van der Waals surface area (Å²) in [4.78, 5) is 2.31. The Labute approximate surface area is 89.1 Å². The van der Waals surface area contributed by atoms with Crippen molar-refractivity contribution in [2.45, 2.75) is 45.1 Å². The van der Waals surface area contributed by atoms with Gasteiger partial charge < -0.3 is 10.2 Å². The fraction of sp³-hybridized carbons (Fsp3) is 1.00. The first-order chi connectivity index (χ1) is 6.74. The highest BCUT2D eigenvalue weighted by atomic mass is 15.1. The SMILES string of the molecule is CCNC(CN(C)C)C1CCCCC1. The highest BCUT2D eigenvalue weighted by molar-refractivity contribution is 4.80. The molecule has 0 aromatic carbocycles. The molecule has 0 spiro atoms. The molecule has 0 aromatic heterocycles. The lowest BCUT2D eigenvalue weighted by molar-refractivity contribution is 0.224. The summed E-state index contributed by atoms with van der Waals surface area (Å²) in [6, 6.07) is 0.718. The van der Waals surface area contributed by atoms with Crippen molar-refractivity contribution in [2.75, 3.05) is 27.2 Å². The van der Waals surface area contributed by atoms with Crippen molar-refractivity contribution in [1.82, 2.24) is 10.2 Å². The quantitative estimate of drug-likeness (QED) is 0.728. The van der Waals surface area contributed by atoms with Crippen LogP contribution in [0.25, 0.3) is 0 Å². The Hall–Kier alpha value is -0.0800. The molecule has 1 aliphatic carbocycles. The van der Waals surface area contributed by atoms with E-state index in [9.17, 15) is 0 Å². The molecule has 1 fully saturated rings. The first-order valence-electron chi connectivity index (χ1n) is 6.12. The van der Waals surface area contributed by atoms with E-state index in [0.717, 1.165) is 18.5 Å². The molecule has 0 radical (unpaired) electrons. The number of nitrogens with zero attached hydrogens (tertiary/aromatic N) is 1. The first kappa shape index (κ1) is 12.0. The maximum absolute atomic E-state index is 3.64. The van der Waals surface area contributed by atoms with Gasteiger partial charge in [0, 0.05) is 12.6 Å². The maximum Gasteiger partial charge on any atom is 0.0222 e. The van der Waals surface area contributed by atoms with Crippen molar-refractivity contribution in [1.29, 1.82) is 0 Å². The monoisotopic (exact) mass is 198 g/mol. The summed E-state index contributed by atoms with van der Waals surface area (Å²) in [6.07, 6.45) is 7.22. The summed E-state index contributed by atoms with van der Waals surface area (Å²) in [5, 5.41) is 3.64. The van der Waals surface area contributed by atoms with Gasteiger partial charge in [-0.1, -0.05) is 26.2 Å². The Kier molecular flexibility index (Phi) is 5.49. The van der Waals surface area contributed by atoms with E-state index in [2.05, 4.69) is 31.2 Å². The van der Waals surface area contributed by atoms with Crippen LogP contribution in [-0.4, -0.2) is 38.1 Å². The lowest BCUT2D eigenvalue weighted by Gasteiger charge is -2.32. The van der Waals surface area contributed by atoms with Gasteiger partial charge in [0.2, 0.25) is 0 Å². The van der Waals surface area contributed by atoms with Gasteiger partial charge in [0.05, 0.1) is 0 Å². The predicted molar refractivity (Wildman–Crippen MR) is 62.6 cm³/mol. The summed E-state index contributed by atoms with van der Waals surface area (Å²) in [6.45, 7) is 4.51. The molecule has 0 amide bonds. The van der Waals surface area contributed by atoms with Crippen molar-refractivity contribution in [3.8, 4) is 0 Å². The molecule has 1 rings (SSSR count). The first-order valence-corrected chi connectivity index (χ1v) is 6.12. The van der Waals surface area contributed by atoms with E-state index in [-0.39, 0.29) is 0 Å². The normalized spacial score (nSPS) is 21.4. The molecule has 84 valence electrons. The molecule has 1 aliphatic rings. The lowest BCUT2D eigenvalue weighted by atomic mass is 9.83. The largest absolute Gasteiger partial charge is 0.313 e. The Morgan fingerprint density at radius 2 is 1.86 bits per heavy atom. The van der Waals surface area contributed by atoms with Gasteiger partial charge in [-0.05, 0) is 39.4 Å². The van der Waals surface area contributed by atoms with E-state index in [1.807, 2.05) is 0 Å². The molecule has 2 nitrogen and oxygen atoms in total. The van der Waals surface area contributed by atoms with Gasteiger partial charge in [-0.2, -0.15) is 0 Å². The van der Waals surface area contributed by atoms with Crippen LogP contribution in [0.15, 0.2) is 0 Å². The number of likely N-dealkylation sites (N-methyl/N-ethyl adjacent to an activating group) is 2. The maximum atomic E-state index is 3.64. The lowest BCUT2D eigenvalue weighted by Crippen LogP contribution is -2.44. The predicted octanol–water partition coefficient (Wildman–Crippen LogP) is 2.11. The van der Waals surface area contributed by atoms with Crippen LogP contribution in [0.4, 0.5) is 0 Å². The van der Waals surface area contributed by atoms with Crippen LogP contribution < -0.4 is 5.32 Å². The van der Waals surface area contributed by atoms with Crippen LogP contribution >= 0.6 is 0 Å². The minimum absolute atomic E-state index is 0.718. The topological polar surface area (TPSA) is 15.3 Å². The molecule has 0 saturated heterocycles. The number of rotatable bonds is 5. The van der Waals surface area contributed by atoms with Gasteiger partial charge >= 0.3 is 0 Å². The van der Waals surface area contributed by atoms with Crippen molar-refractivity contribution < 1.29 is 0 Å². The fourth-order valence-electron chi connectivity index (χ4n) is 2.57.